The summed E-state index contributed by atoms with van der Waals surface area (Å²) in [5.41, 5.74) is 1.77. The number of hydrogen-bond donors (Lipinski definition) is 1. The minimum absolute atomic E-state index is 0.211. The van der Waals surface area contributed by atoms with Gasteiger partial charge in [0, 0.05) is 17.0 Å². The number of halogens is 1. The third kappa shape index (κ3) is 3.35. The smallest absolute Gasteiger partial charge is 0.165 e. The Morgan fingerprint density at radius 3 is 2.90 bits per heavy atom. The fraction of sp³-hybridized carbons (Fsp3) is 0.400. The number of benzene rings is 1. The van der Waals surface area contributed by atoms with Crippen LogP contribution in [-0.2, 0) is 0 Å². The average molecular weight is 294 g/mol. The highest BCUT2D eigenvalue weighted by molar-refractivity contribution is 7.13. The van der Waals surface area contributed by atoms with Crippen LogP contribution in [0.5, 0.6) is 5.75 Å². The van der Waals surface area contributed by atoms with E-state index in [2.05, 4.69) is 24.1 Å². The molecule has 0 aliphatic carbocycles. The number of nitrogens with zero attached hydrogens (tertiary/aromatic N) is 1. The third-order valence-electron chi connectivity index (χ3n) is 3.06. The van der Waals surface area contributed by atoms with Crippen LogP contribution in [0.15, 0.2) is 23.6 Å². The van der Waals surface area contributed by atoms with Gasteiger partial charge in [-0.25, -0.2) is 9.37 Å². The molecule has 3 nitrogen and oxygen atoms in total. The van der Waals surface area contributed by atoms with Crippen molar-refractivity contribution in [3.8, 4) is 16.3 Å². The van der Waals surface area contributed by atoms with Gasteiger partial charge in [-0.15, -0.1) is 11.3 Å². The van der Waals surface area contributed by atoms with Crippen LogP contribution >= 0.6 is 11.3 Å². The van der Waals surface area contributed by atoms with E-state index in [0.717, 1.165) is 29.2 Å². The van der Waals surface area contributed by atoms with E-state index in [0.29, 0.717) is 0 Å². The molecule has 1 unspecified atom stereocenters. The quantitative estimate of drug-likeness (QED) is 0.873. The lowest BCUT2D eigenvalue weighted by molar-refractivity contribution is 0.386. The van der Waals surface area contributed by atoms with Crippen molar-refractivity contribution in [2.45, 2.75) is 26.3 Å². The van der Waals surface area contributed by atoms with Gasteiger partial charge in [-0.1, -0.05) is 6.92 Å². The summed E-state index contributed by atoms with van der Waals surface area (Å²) in [4.78, 5) is 4.58. The van der Waals surface area contributed by atoms with Crippen molar-refractivity contribution in [2.75, 3.05) is 13.7 Å². The Morgan fingerprint density at radius 1 is 1.45 bits per heavy atom. The van der Waals surface area contributed by atoms with Gasteiger partial charge in [0.15, 0.2) is 11.6 Å². The number of thiazole rings is 1. The first-order valence-corrected chi connectivity index (χ1v) is 7.56. The normalized spacial score (nSPS) is 12.4. The average Bonchev–Trinajstić information content (AvgIpc) is 2.94. The number of hydrogen-bond acceptors (Lipinski definition) is 4. The topological polar surface area (TPSA) is 34.1 Å². The number of nitrogens with one attached hydrogen (secondary N) is 1. The van der Waals surface area contributed by atoms with Crippen LogP contribution in [0.3, 0.4) is 0 Å². The van der Waals surface area contributed by atoms with Crippen molar-refractivity contribution in [1.29, 1.82) is 0 Å². The third-order valence-corrected chi connectivity index (χ3v) is 3.97. The maximum absolute atomic E-state index is 13.7. The van der Waals surface area contributed by atoms with Crippen LogP contribution < -0.4 is 10.1 Å². The van der Waals surface area contributed by atoms with Crippen LogP contribution in [0.2, 0.25) is 0 Å². The molecule has 1 aromatic heterocycles. The summed E-state index contributed by atoms with van der Waals surface area (Å²) in [7, 11) is 1.46. The van der Waals surface area contributed by atoms with Gasteiger partial charge in [-0.2, -0.15) is 0 Å². The molecule has 1 atom stereocenters. The van der Waals surface area contributed by atoms with E-state index >= 15 is 0 Å². The predicted octanol–water partition coefficient (Wildman–Crippen LogP) is 4.02. The van der Waals surface area contributed by atoms with E-state index in [4.69, 9.17) is 4.74 Å². The summed E-state index contributed by atoms with van der Waals surface area (Å²) in [6.45, 7) is 5.18. The van der Waals surface area contributed by atoms with Crippen molar-refractivity contribution in [1.82, 2.24) is 10.3 Å². The highest BCUT2D eigenvalue weighted by atomic mass is 32.1. The van der Waals surface area contributed by atoms with Crippen LogP contribution in [0, 0.1) is 5.82 Å². The Balaban J connectivity index is 2.18. The Hall–Kier alpha value is -1.46. The van der Waals surface area contributed by atoms with Gasteiger partial charge in [-0.05, 0) is 38.1 Å². The molecule has 1 N–H and O–H groups in total. The van der Waals surface area contributed by atoms with Crippen molar-refractivity contribution >= 4 is 11.3 Å². The second-order valence-electron chi connectivity index (χ2n) is 4.60. The van der Waals surface area contributed by atoms with Crippen molar-refractivity contribution in [3.63, 3.8) is 0 Å². The van der Waals surface area contributed by atoms with Gasteiger partial charge >= 0.3 is 0 Å². The van der Waals surface area contributed by atoms with Crippen molar-refractivity contribution < 1.29 is 9.13 Å². The molecule has 0 spiro atoms. The standard InChI is InChI=1S/C15H19FN2OS/c1-4-7-17-10(2)13-9-20-15(18-13)11-5-6-14(19-3)12(16)8-11/h5-6,8-10,17H,4,7H2,1-3H3. The van der Waals surface area contributed by atoms with Crippen LogP contribution in [-0.4, -0.2) is 18.6 Å². The van der Waals surface area contributed by atoms with Crippen LogP contribution in [0.1, 0.15) is 32.0 Å². The first kappa shape index (κ1) is 14.9. The zero-order valence-electron chi connectivity index (χ0n) is 11.9. The van der Waals surface area contributed by atoms with Gasteiger partial charge < -0.3 is 10.1 Å². The monoisotopic (exact) mass is 294 g/mol. The molecule has 0 aliphatic rings. The Morgan fingerprint density at radius 2 is 2.25 bits per heavy atom. The summed E-state index contributed by atoms with van der Waals surface area (Å²) in [6.07, 6.45) is 1.09. The van der Waals surface area contributed by atoms with Gasteiger partial charge in [0.1, 0.15) is 5.01 Å². The lowest BCUT2D eigenvalue weighted by Crippen LogP contribution is -2.19. The zero-order valence-corrected chi connectivity index (χ0v) is 12.8. The molecular weight excluding hydrogens is 275 g/mol. The SMILES string of the molecule is CCCNC(C)c1csc(-c2ccc(OC)c(F)c2)n1. The molecule has 20 heavy (non-hydrogen) atoms. The zero-order chi connectivity index (χ0) is 14.5. The Bertz CT molecular complexity index is 571. The van der Waals surface area contributed by atoms with Gasteiger partial charge in [0.2, 0.25) is 0 Å². The summed E-state index contributed by atoms with van der Waals surface area (Å²) in [6, 6.07) is 5.13. The first-order chi connectivity index (χ1) is 9.65. The molecule has 0 aliphatic heterocycles. The molecule has 0 saturated carbocycles. The fourth-order valence-electron chi connectivity index (χ4n) is 1.88. The van der Waals surface area contributed by atoms with Crippen molar-refractivity contribution in [2.24, 2.45) is 0 Å². The Labute approximate surface area is 122 Å². The number of rotatable bonds is 6. The van der Waals surface area contributed by atoms with Gasteiger partial charge in [0.05, 0.1) is 12.8 Å². The molecule has 1 aromatic carbocycles. The van der Waals surface area contributed by atoms with E-state index in [1.54, 1.807) is 6.07 Å². The highest BCUT2D eigenvalue weighted by Crippen LogP contribution is 2.29. The first-order valence-electron chi connectivity index (χ1n) is 6.68. The molecule has 0 bridgehead atoms. The maximum Gasteiger partial charge on any atom is 0.165 e. The summed E-state index contributed by atoms with van der Waals surface area (Å²) < 4.78 is 18.6. The van der Waals surface area contributed by atoms with Crippen LogP contribution in [0.25, 0.3) is 10.6 Å². The number of methoxy groups -OCH3 is 1. The van der Waals surface area contributed by atoms with Crippen LogP contribution in [0.4, 0.5) is 4.39 Å². The predicted molar refractivity (Wildman–Crippen MR) is 80.8 cm³/mol. The molecule has 0 amide bonds. The summed E-state index contributed by atoms with van der Waals surface area (Å²) >= 11 is 1.53. The molecule has 1 heterocycles. The lowest BCUT2D eigenvalue weighted by atomic mass is 10.2. The molecule has 0 saturated heterocycles. The number of aromatic nitrogens is 1. The molecule has 5 heteroatoms. The van der Waals surface area contributed by atoms with Gasteiger partial charge in [0.25, 0.3) is 0 Å². The van der Waals surface area contributed by atoms with Gasteiger partial charge in [-0.3, -0.25) is 0 Å². The Kier molecular flexibility index (Phi) is 5.09. The lowest BCUT2D eigenvalue weighted by Gasteiger charge is -2.09. The largest absolute Gasteiger partial charge is 0.494 e. The minimum atomic E-state index is -0.362. The molecular formula is C15H19FN2OS. The molecule has 108 valence electrons. The second kappa shape index (κ2) is 6.81. The number of ether oxygens (including phenoxy) is 1. The highest BCUT2D eigenvalue weighted by Gasteiger charge is 2.12. The second-order valence-corrected chi connectivity index (χ2v) is 5.46. The summed E-state index contributed by atoms with van der Waals surface area (Å²) in [5, 5.41) is 6.24. The van der Waals surface area contributed by atoms with E-state index in [1.165, 1.54) is 24.5 Å². The molecule has 2 rings (SSSR count). The van der Waals surface area contributed by atoms with E-state index < -0.39 is 0 Å². The fourth-order valence-corrected chi connectivity index (χ4v) is 2.79. The van der Waals surface area contributed by atoms with E-state index in [-0.39, 0.29) is 17.6 Å². The molecule has 0 radical (unpaired) electrons. The molecule has 2 aromatic rings. The van der Waals surface area contributed by atoms with E-state index in [1.807, 2.05) is 11.4 Å². The van der Waals surface area contributed by atoms with Crippen molar-refractivity contribution in [3.05, 3.63) is 35.1 Å². The summed E-state index contributed by atoms with van der Waals surface area (Å²) in [5.74, 6) is -0.109. The maximum atomic E-state index is 13.7. The molecule has 0 fully saturated rings. The minimum Gasteiger partial charge on any atom is -0.494 e. The van der Waals surface area contributed by atoms with E-state index in [9.17, 15) is 4.39 Å².